The fraction of sp³-hybridized carbons (Fsp3) is 0.375. The molecule has 3 aliphatic rings. The minimum atomic E-state index is -0.507. The van der Waals surface area contributed by atoms with Crippen LogP contribution in [0.15, 0.2) is 30.0 Å². The SMILES string of the molecule is Cc1c2c(cc3c1O/C(=C\c1c(F)cccc1Cl)C3=O)CN(CCN1CCOCC1)CO2. The van der Waals surface area contributed by atoms with E-state index in [0.29, 0.717) is 24.6 Å². The van der Waals surface area contributed by atoms with Crippen molar-refractivity contribution < 1.29 is 23.4 Å². The van der Waals surface area contributed by atoms with Crippen molar-refractivity contribution in [2.24, 2.45) is 0 Å². The summed E-state index contributed by atoms with van der Waals surface area (Å²) in [5, 5.41) is 0.222. The van der Waals surface area contributed by atoms with Crippen LogP contribution in [0.1, 0.15) is 27.0 Å². The fourth-order valence-electron chi connectivity index (χ4n) is 4.33. The summed E-state index contributed by atoms with van der Waals surface area (Å²) in [6, 6.07) is 6.23. The first kappa shape index (κ1) is 21.4. The molecule has 0 amide bonds. The van der Waals surface area contributed by atoms with Crippen LogP contribution in [0.3, 0.4) is 0 Å². The lowest BCUT2D eigenvalue weighted by Gasteiger charge is -2.33. The van der Waals surface area contributed by atoms with E-state index in [1.165, 1.54) is 18.2 Å². The van der Waals surface area contributed by atoms with Gasteiger partial charge in [0, 0.05) is 49.4 Å². The predicted octanol–water partition coefficient (Wildman–Crippen LogP) is 3.89. The number of rotatable bonds is 4. The number of allylic oxidation sites excluding steroid dienone is 1. The second kappa shape index (κ2) is 8.83. The van der Waals surface area contributed by atoms with E-state index >= 15 is 0 Å². The molecule has 2 aromatic carbocycles. The van der Waals surface area contributed by atoms with E-state index in [1.54, 1.807) is 6.07 Å². The smallest absolute Gasteiger partial charge is 0.231 e. The van der Waals surface area contributed by atoms with Gasteiger partial charge in [0.05, 0.1) is 23.8 Å². The van der Waals surface area contributed by atoms with Gasteiger partial charge in [0.1, 0.15) is 24.0 Å². The number of benzene rings is 2. The number of carbonyl (C=O) groups excluding carboxylic acids is 1. The van der Waals surface area contributed by atoms with E-state index < -0.39 is 5.82 Å². The van der Waals surface area contributed by atoms with Crippen LogP contribution in [-0.2, 0) is 11.3 Å². The molecule has 3 heterocycles. The van der Waals surface area contributed by atoms with Crippen LogP contribution in [0.4, 0.5) is 4.39 Å². The Hall–Kier alpha value is -2.45. The van der Waals surface area contributed by atoms with Crippen molar-refractivity contribution in [3.05, 3.63) is 63.1 Å². The van der Waals surface area contributed by atoms with Crippen LogP contribution in [-0.4, -0.2) is 61.7 Å². The summed E-state index contributed by atoms with van der Waals surface area (Å²) in [6.07, 6.45) is 1.37. The van der Waals surface area contributed by atoms with Crippen LogP contribution >= 0.6 is 11.6 Å². The lowest BCUT2D eigenvalue weighted by molar-refractivity contribution is 0.0239. The Kier molecular flexibility index (Phi) is 5.90. The quantitative estimate of drug-likeness (QED) is 0.648. The van der Waals surface area contributed by atoms with Crippen molar-refractivity contribution >= 4 is 23.5 Å². The molecule has 0 aliphatic carbocycles. The number of halogens is 2. The van der Waals surface area contributed by atoms with Gasteiger partial charge in [-0.3, -0.25) is 14.6 Å². The molecule has 5 rings (SSSR count). The lowest BCUT2D eigenvalue weighted by Crippen LogP contribution is -2.43. The zero-order valence-electron chi connectivity index (χ0n) is 17.8. The molecule has 0 saturated carbocycles. The van der Waals surface area contributed by atoms with E-state index in [-0.39, 0.29) is 22.1 Å². The molecule has 0 unspecified atom stereocenters. The van der Waals surface area contributed by atoms with Crippen LogP contribution in [0.5, 0.6) is 11.5 Å². The van der Waals surface area contributed by atoms with Gasteiger partial charge in [-0.25, -0.2) is 4.39 Å². The Bertz CT molecular complexity index is 1080. The Morgan fingerprint density at radius 2 is 1.94 bits per heavy atom. The molecule has 0 atom stereocenters. The van der Waals surface area contributed by atoms with Crippen molar-refractivity contribution in [2.45, 2.75) is 13.5 Å². The van der Waals surface area contributed by atoms with Gasteiger partial charge in [0.25, 0.3) is 0 Å². The third-order valence-electron chi connectivity index (χ3n) is 6.11. The first-order valence-corrected chi connectivity index (χ1v) is 11.1. The third-order valence-corrected chi connectivity index (χ3v) is 6.44. The van der Waals surface area contributed by atoms with E-state index in [4.69, 9.17) is 25.8 Å². The monoisotopic (exact) mass is 458 g/mol. The minimum Gasteiger partial charge on any atom is -0.477 e. The standard InChI is InChI=1S/C24H24ClFN2O4/c1-15-23-16(13-28(14-31-23)6-5-27-7-9-30-10-8-27)11-18-22(29)21(32-24(15)18)12-17-19(25)3-2-4-20(17)26/h2-4,11-12H,5-10,13-14H2,1H3/b21-12-. The summed E-state index contributed by atoms with van der Waals surface area (Å²) in [4.78, 5) is 17.6. The molecular formula is C24H24ClFN2O4. The van der Waals surface area contributed by atoms with Crippen LogP contribution < -0.4 is 9.47 Å². The Labute approximate surface area is 191 Å². The minimum absolute atomic E-state index is 0.0571. The number of hydrogen-bond acceptors (Lipinski definition) is 6. The van der Waals surface area contributed by atoms with Gasteiger partial charge in [0.15, 0.2) is 5.76 Å². The van der Waals surface area contributed by atoms with Crippen LogP contribution in [0.2, 0.25) is 5.02 Å². The highest BCUT2D eigenvalue weighted by Gasteiger charge is 2.34. The van der Waals surface area contributed by atoms with Crippen molar-refractivity contribution in [1.82, 2.24) is 9.80 Å². The molecular weight excluding hydrogens is 435 g/mol. The average molecular weight is 459 g/mol. The molecule has 168 valence electrons. The highest BCUT2D eigenvalue weighted by molar-refractivity contribution is 6.32. The van der Waals surface area contributed by atoms with Crippen molar-refractivity contribution in [3.8, 4) is 11.5 Å². The molecule has 1 saturated heterocycles. The average Bonchev–Trinajstić information content (AvgIpc) is 3.11. The Morgan fingerprint density at radius 1 is 1.16 bits per heavy atom. The summed E-state index contributed by atoms with van der Waals surface area (Å²) in [6.45, 7) is 8.34. The van der Waals surface area contributed by atoms with Gasteiger partial charge in [-0.1, -0.05) is 17.7 Å². The highest BCUT2D eigenvalue weighted by Crippen LogP contribution is 2.43. The molecule has 3 aliphatic heterocycles. The van der Waals surface area contributed by atoms with Gasteiger partial charge >= 0.3 is 0 Å². The zero-order chi connectivity index (χ0) is 22.2. The fourth-order valence-corrected chi connectivity index (χ4v) is 4.54. The number of ether oxygens (including phenoxy) is 3. The predicted molar refractivity (Wildman–Crippen MR) is 119 cm³/mol. The molecule has 0 N–H and O–H groups in total. The maximum atomic E-state index is 14.2. The number of Topliss-reactive ketones (excluding diaryl/α,β-unsaturated/α-hetero) is 1. The summed E-state index contributed by atoms with van der Waals surface area (Å²) in [5.41, 5.74) is 2.34. The highest BCUT2D eigenvalue weighted by atomic mass is 35.5. The number of carbonyl (C=O) groups is 1. The van der Waals surface area contributed by atoms with Crippen LogP contribution in [0.25, 0.3) is 6.08 Å². The van der Waals surface area contributed by atoms with Gasteiger partial charge in [0.2, 0.25) is 5.78 Å². The molecule has 1 fully saturated rings. The molecule has 0 radical (unpaired) electrons. The molecule has 6 nitrogen and oxygen atoms in total. The molecule has 8 heteroatoms. The zero-order valence-corrected chi connectivity index (χ0v) is 18.6. The van der Waals surface area contributed by atoms with Gasteiger partial charge < -0.3 is 14.2 Å². The third kappa shape index (κ3) is 4.01. The number of ketones is 1. The largest absolute Gasteiger partial charge is 0.477 e. The Balaban J connectivity index is 1.36. The van der Waals surface area contributed by atoms with E-state index in [2.05, 4.69) is 9.80 Å². The van der Waals surface area contributed by atoms with Crippen LogP contribution in [0, 0.1) is 12.7 Å². The van der Waals surface area contributed by atoms with Gasteiger partial charge in [-0.2, -0.15) is 0 Å². The summed E-state index contributed by atoms with van der Waals surface area (Å²) in [7, 11) is 0. The van der Waals surface area contributed by atoms with E-state index in [0.717, 1.165) is 56.3 Å². The molecule has 0 aromatic heterocycles. The second-order valence-electron chi connectivity index (χ2n) is 8.22. The molecule has 2 aromatic rings. The topological polar surface area (TPSA) is 51.2 Å². The molecule has 32 heavy (non-hydrogen) atoms. The first-order valence-electron chi connectivity index (χ1n) is 10.7. The summed E-state index contributed by atoms with van der Waals surface area (Å²) >= 11 is 6.12. The lowest BCUT2D eigenvalue weighted by atomic mass is 10.00. The van der Waals surface area contributed by atoms with Gasteiger partial charge in [-0.15, -0.1) is 0 Å². The van der Waals surface area contributed by atoms with E-state index in [9.17, 15) is 9.18 Å². The van der Waals surface area contributed by atoms with Gasteiger partial charge in [-0.05, 0) is 31.2 Å². The normalized spacial score (nSPS) is 20.1. The van der Waals surface area contributed by atoms with E-state index in [1.807, 2.05) is 13.0 Å². The molecule has 0 spiro atoms. The van der Waals surface area contributed by atoms with Crippen molar-refractivity contribution in [2.75, 3.05) is 46.1 Å². The summed E-state index contributed by atoms with van der Waals surface area (Å²) in [5.74, 6) is 0.489. The first-order chi connectivity index (χ1) is 15.5. The van der Waals surface area contributed by atoms with Crippen molar-refractivity contribution in [3.63, 3.8) is 0 Å². The number of nitrogens with zero attached hydrogens (tertiary/aromatic N) is 2. The second-order valence-corrected chi connectivity index (χ2v) is 8.63. The molecule has 0 bridgehead atoms. The number of morpholine rings is 1. The maximum absolute atomic E-state index is 14.2. The Morgan fingerprint density at radius 3 is 2.72 bits per heavy atom. The maximum Gasteiger partial charge on any atom is 0.231 e. The number of fused-ring (bicyclic) bond motifs is 2. The summed E-state index contributed by atoms with van der Waals surface area (Å²) < 4.78 is 31.5. The van der Waals surface area contributed by atoms with Crippen molar-refractivity contribution in [1.29, 1.82) is 0 Å². The number of hydrogen-bond donors (Lipinski definition) is 0.